The van der Waals surface area contributed by atoms with E-state index in [1.807, 2.05) is 11.9 Å². The predicted octanol–water partition coefficient (Wildman–Crippen LogP) is 0.514. The van der Waals surface area contributed by atoms with Crippen LogP contribution in [0.25, 0.3) is 0 Å². The smallest absolute Gasteiger partial charge is 0.224 e. The topological polar surface area (TPSA) is 83.7 Å². The number of aliphatic hydroxyl groups is 1. The molecule has 0 aromatic carbocycles. The van der Waals surface area contributed by atoms with Crippen molar-refractivity contribution < 1.29 is 14.6 Å². The van der Waals surface area contributed by atoms with Gasteiger partial charge in [-0.25, -0.2) is 0 Å². The summed E-state index contributed by atoms with van der Waals surface area (Å²) in [6.07, 6.45) is 3.96. The monoisotopic (exact) mass is 365 g/mol. The average Bonchev–Trinajstić information content (AvgIpc) is 3.02. The van der Waals surface area contributed by atoms with Gasteiger partial charge in [0.2, 0.25) is 5.91 Å². The number of hydrogen-bond donors (Lipinski definition) is 1. The molecule has 0 spiro atoms. The van der Waals surface area contributed by atoms with Crippen LogP contribution in [0.2, 0.25) is 0 Å². The van der Waals surface area contributed by atoms with Crippen LogP contribution in [0.4, 0.5) is 0 Å². The van der Waals surface area contributed by atoms with Gasteiger partial charge in [0.1, 0.15) is 11.6 Å². The molecule has 3 rings (SSSR count). The number of amides is 1. The third-order valence-electron chi connectivity index (χ3n) is 5.58. The number of rotatable bonds is 6. The maximum absolute atomic E-state index is 12.3. The molecule has 1 aromatic heterocycles. The van der Waals surface area contributed by atoms with E-state index in [1.54, 1.807) is 7.11 Å². The summed E-state index contributed by atoms with van der Waals surface area (Å²) in [6, 6.07) is 0. The van der Waals surface area contributed by atoms with Gasteiger partial charge in [0, 0.05) is 46.3 Å². The largest absolute Gasteiger partial charge is 0.393 e. The molecule has 1 atom stereocenters. The number of hydrogen-bond acceptors (Lipinski definition) is 6. The van der Waals surface area contributed by atoms with Crippen LogP contribution in [0, 0.1) is 0 Å². The van der Waals surface area contributed by atoms with E-state index in [0.717, 1.165) is 63.5 Å². The van der Waals surface area contributed by atoms with E-state index in [-0.39, 0.29) is 17.9 Å². The zero-order chi connectivity index (χ0) is 18.5. The van der Waals surface area contributed by atoms with Gasteiger partial charge in [-0.1, -0.05) is 0 Å². The lowest BCUT2D eigenvalue weighted by atomic mass is 9.97. The minimum Gasteiger partial charge on any atom is -0.393 e. The van der Waals surface area contributed by atoms with Gasteiger partial charge < -0.3 is 19.3 Å². The second kappa shape index (κ2) is 8.92. The number of piperidine rings is 2. The van der Waals surface area contributed by atoms with Gasteiger partial charge in [-0.15, -0.1) is 10.2 Å². The molecule has 0 aliphatic carbocycles. The van der Waals surface area contributed by atoms with Crippen molar-refractivity contribution in [3.8, 4) is 0 Å². The van der Waals surface area contributed by atoms with Crippen LogP contribution >= 0.6 is 0 Å². The Morgan fingerprint density at radius 3 is 2.73 bits per heavy atom. The molecule has 0 saturated carbocycles. The second-order valence-electron chi connectivity index (χ2n) is 7.46. The molecular formula is C18H31N5O3. The van der Waals surface area contributed by atoms with Crippen LogP contribution in [0.3, 0.4) is 0 Å². The van der Waals surface area contributed by atoms with Crippen molar-refractivity contribution in [1.82, 2.24) is 24.6 Å². The molecule has 0 radical (unpaired) electrons. The molecule has 8 heteroatoms. The molecule has 1 N–H and O–H groups in total. The van der Waals surface area contributed by atoms with Crippen LogP contribution in [-0.2, 0) is 23.1 Å². The minimum atomic E-state index is -0.162. The van der Waals surface area contributed by atoms with E-state index in [9.17, 15) is 9.90 Å². The Morgan fingerprint density at radius 2 is 2.00 bits per heavy atom. The van der Waals surface area contributed by atoms with Gasteiger partial charge >= 0.3 is 0 Å². The van der Waals surface area contributed by atoms with Crippen molar-refractivity contribution in [3.63, 3.8) is 0 Å². The molecule has 3 heterocycles. The number of ether oxygens (including phenoxy) is 1. The first-order chi connectivity index (χ1) is 12.6. The summed E-state index contributed by atoms with van der Waals surface area (Å²) >= 11 is 0. The fourth-order valence-corrected chi connectivity index (χ4v) is 3.91. The first kappa shape index (κ1) is 19.3. The highest BCUT2D eigenvalue weighted by molar-refractivity contribution is 5.76. The summed E-state index contributed by atoms with van der Waals surface area (Å²) in [7, 11) is 3.64. The van der Waals surface area contributed by atoms with Crippen LogP contribution in [0.1, 0.15) is 49.7 Å². The highest BCUT2D eigenvalue weighted by atomic mass is 16.5. The van der Waals surface area contributed by atoms with E-state index in [0.29, 0.717) is 19.6 Å². The minimum absolute atomic E-state index is 0.158. The average molecular weight is 365 g/mol. The van der Waals surface area contributed by atoms with Gasteiger partial charge in [0.25, 0.3) is 0 Å². The fraction of sp³-hybridized carbons (Fsp3) is 0.833. The van der Waals surface area contributed by atoms with E-state index in [2.05, 4.69) is 19.7 Å². The third kappa shape index (κ3) is 4.61. The van der Waals surface area contributed by atoms with Crippen LogP contribution in [0.5, 0.6) is 0 Å². The molecule has 26 heavy (non-hydrogen) atoms. The molecule has 1 amide bonds. The summed E-state index contributed by atoms with van der Waals surface area (Å²) in [5.74, 6) is 2.33. The van der Waals surface area contributed by atoms with Crippen molar-refractivity contribution in [2.75, 3.05) is 39.9 Å². The Hall–Kier alpha value is -1.51. The number of carbonyl (C=O) groups is 1. The second-order valence-corrected chi connectivity index (χ2v) is 7.46. The maximum Gasteiger partial charge on any atom is 0.224 e. The van der Waals surface area contributed by atoms with Gasteiger partial charge in [-0.3, -0.25) is 9.69 Å². The number of carbonyl (C=O) groups excluding carboxylic acids is 1. The van der Waals surface area contributed by atoms with Crippen molar-refractivity contribution >= 4 is 5.91 Å². The number of aromatic nitrogens is 3. The lowest BCUT2D eigenvalue weighted by molar-refractivity contribution is -0.133. The highest BCUT2D eigenvalue weighted by Gasteiger charge is 2.28. The standard InChI is InChI=1S/C18H31N5O3/c1-21-16(13-22-9-5-15(24)6-10-22)19-20-18(21)14-4-3-8-23(12-14)17(25)7-11-26-2/h14-15,24H,3-13H2,1-2H3. The van der Waals surface area contributed by atoms with E-state index in [1.165, 1.54) is 0 Å². The summed E-state index contributed by atoms with van der Waals surface area (Å²) < 4.78 is 7.12. The number of nitrogens with zero attached hydrogens (tertiary/aromatic N) is 5. The Bertz CT molecular complexity index is 598. The lowest BCUT2D eigenvalue weighted by Gasteiger charge is -2.32. The van der Waals surface area contributed by atoms with Crippen LogP contribution in [-0.4, -0.2) is 81.6 Å². The summed E-state index contributed by atoms with van der Waals surface area (Å²) in [4.78, 5) is 16.5. The molecule has 1 aromatic rings. The van der Waals surface area contributed by atoms with Gasteiger partial charge in [0.15, 0.2) is 0 Å². The Kier molecular flexibility index (Phi) is 6.61. The third-order valence-corrected chi connectivity index (χ3v) is 5.58. The van der Waals surface area contributed by atoms with Crippen molar-refractivity contribution in [3.05, 3.63) is 11.6 Å². The lowest BCUT2D eigenvalue weighted by Crippen LogP contribution is -2.40. The molecule has 8 nitrogen and oxygen atoms in total. The number of aliphatic hydroxyl groups excluding tert-OH is 1. The zero-order valence-corrected chi connectivity index (χ0v) is 15.9. The fourth-order valence-electron chi connectivity index (χ4n) is 3.91. The Balaban J connectivity index is 1.60. The molecule has 2 aliphatic rings. The van der Waals surface area contributed by atoms with E-state index < -0.39 is 0 Å². The Morgan fingerprint density at radius 1 is 1.23 bits per heavy atom. The molecule has 1 unspecified atom stereocenters. The van der Waals surface area contributed by atoms with Gasteiger partial charge in [0.05, 0.1) is 25.7 Å². The molecule has 0 bridgehead atoms. The van der Waals surface area contributed by atoms with Crippen molar-refractivity contribution in [1.29, 1.82) is 0 Å². The van der Waals surface area contributed by atoms with Crippen molar-refractivity contribution in [2.45, 2.75) is 50.7 Å². The SMILES string of the molecule is COCCC(=O)N1CCCC(c2nnc(CN3CCC(O)CC3)n2C)C1. The van der Waals surface area contributed by atoms with Gasteiger partial charge in [-0.2, -0.15) is 0 Å². The van der Waals surface area contributed by atoms with Crippen molar-refractivity contribution in [2.24, 2.45) is 7.05 Å². The highest BCUT2D eigenvalue weighted by Crippen LogP contribution is 2.26. The summed E-state index contributed by atoms with van der Waals surface area (Å²) in [5, 5.41) is 18.5. The quantitative estimate of drug-likeness (QED) is 0.791. The molecular weight excluding hydrogens is 334 g/mol. The normalized spacial score (nSPS) is 22.7. The number of methoxy groups -OCH3 is 1. The van der Waals surface area contributed by atoms with E-state index >= 15 is 0 Å². The molecule has 146 valence electrons. The first-order valence-electron chi connectivity index (χ1n) is 9.63. The molecule has 2 fully saturated rings. The molecule has 2 aliphatic heterocycles. The van der Waals surface area contributed by atoms with Crippen LogP contribution in [0.15, 0.2) is 0 Å². The Labute approximate surface area is 155 Å². The van der Waals surface area contributed by atoms with Crippen LogP contribution < -0.4 is 0 Å². The predicted molar refractivity (Wildman–Crippen MR) is 96.6 cm³/mol. The summed E-state index contributed by atoms with van der Waals surface area (Å²) in [5.41, 5.74) is 0. The first-order valence-corrected chi connectivity index (χ1v) is 9.63. The van der Waals surface area contributed by atoms with E-state index in [4.69, 9.17) is 4.74 Å². The maximum atomic E-state index is 12.3. The zero-order valence-electron chi connectivity index (χ0n) is 15.9. The number of likely N-dealkylation sites (tertiary alicyclic amines) is 2. The molecule has 2 saturated heterocycles. The summed E-state index contributed by atoms with van der Waals surface area (Å²) in [6.45, 7) is 4.56. The van der Waals surface area contributed by atoms with Gasteiger partial charge in [-0.05, 0) is 25.7 Å².